The van der Waals surface area contributed by atoms with E-state index in [-0.39, 0.29) is 18.1 Å². The third-order valence-electron chi connectivity index (χ3n) is 3.05. The number of benzene rings is 1. The van der Waals surface area contributed by atoms with E-state index in [1.165, 1.54) is 0 Å². The Bertz CT molecular complexity index is 415. The predicted octanol–water partition coefficient (Wildman–Crippen LogP) is 2.78. The number of nitrogens with two attached hydrogens (primary N) is 1. The fourth-order valence-electron chi connectivity index (χ4n) is 1.95. The molecule has 0 aliphatic carbocycles. The lowest BCUT2D eigenvalue weighted by Crippen LogP contribution is -2.41. The first kappa shape index (κ1) is 16.5. The van der Waals surface area contributed by atoms with E-state index < -0.39 is 6.04 Å². The normalized spacial score (nSPS) is 13.9. The molecule has 2 atom stereocenters. The second-order valence-corrected chi connectivity index (χ2v) is 5.36. The van der Waals surface area contributed by atoms with Crippen LogP contribution in [0.1, 0.15) is 52.1 Å². The van der Waals surface area contributed by atoms with Crippen LogP contribution < -0.4 is 15.8 Å². The van der Waals surface area contributed by atoms with Crippen LogP contribution in [0.15, 0.2) is 24.3 Å². The van der Waals surface area contributed by atoms with Crippen molar-refractivity contribution in [3.8, 4) is 5.75 Å². The molecule has 1 amide bonds. The molecule has 2 unspecified atom stereocenters. The van der Waals surface area contributed by atoms with Crippen molar-refractivity contribution in [1.82, 2.24) is 5.32 Å². The van der Waals surface area contributed by atoms with Crippen LogP contribution >= 0.6 is 0 Å². The number of hydrogen-bond donors (Lipinski definition) is 2. The molecule has 4 heteroatoms. The van der Waals surface area contributed by atoms with E-state index in [1.807, 2.05) is 52.0 Å². The zero-order chi connectivity index (χ0) is 15.1. The van der Waals surface area contributed by atoms with E-state index >= 15 is 0 Å². The maximum atomic E-state index is 11.9. The van der Waals surface area contributed by atoms with Gasteiger partial charge in [-0.05, 0) is 44.9 Å². The zero-order valence-electron chi connectivity index (χ0n) is 12.8. The van der Waals surface area contributed by atoms with Crippen molar-refractivity contribution in [1.29, 1.82) is 0 Å². The molecule has 0 radical (unpaired) electrons. The summed E-state index contributed by atoms with van der Waals surface area (Å²) in [6.07, 6.45) is 1.77. The lowest BCUT2D eigenvalue weighted by molar-refractivity contribution is -0.123. The Morgan fingerprint density at radius 1 is 1.25 bits per heavy atom. The fourth-order valence-corrected chi connectivity index (χ4v) is 1.95. The lowest BCUT2D eigenvalue weighted by atomic mass is 10.1. The SMILES string of the molecule is CCCC(N)C(=O)NC(C)c1ccc(OC(C)C)cc1. The van der Waals surface area contributed by atoms with Gasteiger partial charge in [0, 0.05) is 0 Å². The summed E-state index contributed by atoms with van der Waals surface area (Å²) in [5.41, 5.74) is 6.84. The number of ether oxygens (including phenoxy) is 1. The summed E-state index contributed by atoms with van der Waals surface area (Å²) in [5.74, 6) is 0.742. The molecule has 1 aromatic rings. The van der Waals surface area contributed by atoms with Crippen molar-refractivity contribution >= 4 is 5.91 Å². The van der Waals surface area contributed by atoms with Gasteiger partial charge in [-0.25, -0.2) is 0 Å². The smallest absolute Gasteiger partial charge is 0.237 e. The highest BCUT2D eigenvalue weighted by molar-refractivity contribution is 5.81. The Hall–Kier alpha value is -1.55. The van der Waals surface area contributed by atoms with Crippen molar-refractivity contribution in [2.75, 3.05) is 0 Å². The minimum absolute atomic E-state index is 0.0569. The molecule has 0 fully saturated rings. The molecule has 20 heavy (non-hydrogen) atoms. The van der Waals surface area contributed by atoms with Crippen molar-refractivity contribution in [2.45, 2.75) is 58.7 Å². The molecule has 4 nitrogen and oxygen atoms in total. The summed E-state index contributed by atoms with van der Waals surface area (Å²) < 4.78 is 5.59. The topological polar surface area (TPSA) is 64.4 Å². The van der Waals surface area contributed by atoms with E-state index in [9.17, 15) is 4.79 Å². The van der Waals surface area contributed by atoms with Crippen LogP contribution in [0, 0.1) is 0 Å². The number of amides is 1. The number of rotatable bonds is 7. The maximum absolute atomic E-state index is 11.9. The van der Waals surface area contributed by atoms with Gasteiger partial charge in [-0.15, -0.1) is 0 Å². The largest absolute Gasteiger partial charge is 0.491 e. The second kappa shape index (κ2) is 7.90. The average molecular weight is 278 g/mol. The summed E-state index contributed by atoms with van der Waals surface area (Å²) in [7, 11) is 0. The zero-order valence-corrected chi connectivity index (χ0v) is 12.8. The molecule has 1 rings (SSSR count). The van der Waals surface area contributed by atoms with Gasteiger partial charge in [0.1, 0.15) is 5.75 Å². The summed E-state index contributed by atoms with van der Waals surface area (Å²) in [6.45, 7) is 7.96. The highest BCUT2D eigenvalue weighted by Gasteiger charge is 2.15. The van der Waals surface area contributed by atoms with Crippen LogP contribution in [0.3, 0.4) is 0 Å². The first-order valence-electron chi connectivity index (χ1n) is 7.26. The first-order valence-corrected chi connectivity index (χ1v) is 7.26. The number of carbonyl (C=O) groups is 1. The molecule has 0 saturated heterocycles. The molecule has 0 saturated carbocycles. The Kier molecular flexibility index (Phi) is 6.52. The van der Waals surface area contributed by atoms with Gasteiger partial charge in [-0.1, -0.05) is 25.5 Å². The predicted molar refractivity (Wildman–Crippen MR) is 81.6 cm³/mol. The van der Waals surface area contributed by atoms with Crippen LogP contribution in [0.25, 0.3) is 0 Å². The Labute approximate surface area is 121 Å². The molecule has 0 heterocycles. The summed E-state index contributed by atoms with van der Waals surface area (Å²) >= 11 is 0. The van der Waals surface area contributed by atoms with Crippen molar-refractivity contribution < 1.29 is 9.53 Å². The quantitative estimate of drug-likeness (QED) is 0.806. The van der Waals surface area contributed by atoms with Crippen molar-refractivity contribution in [2.24, 2.45) is 5.73 Å². The molecule has 1 aromatic carbocycles. The minimum Gasteiger partial charge on any atom is -0.491 e. The number of carbonyl (C=O) groups excluding carboxylic acids is 1. The van der Waals surface area contributed by atoms with Crippen molar-refractivity contribution in [3.63, 3.8) is 0 Å². The molecular formula is C16H26N2O2. The van der Waals surface area contributed by atoms with Gasteiger partial charge < -0.3 is 15.8 Å². The highest BCUT2D eigenvalue weighted by Crippen LogP contribution is 2.18. The standard InChI is InChI=1S/C16H26N2O2/c1-5-6-15(17)16(19)18-12(4)13-7-9-14(10-8-13)20-11(2)3/h7-12,15H,5-6,17H2,1-4H3,(H,18,19). The molecule has 0 aromatic heterocycles. The summed E-state index contributed by atoms with van der Waals surface area (Å²) in [6, 6.07) is 7.29. The van der Waals surface area contributed by atoms with Gasteiger partial charge in [-0.2, -0.15) is 0 Å². The van der Waals surface area contributed by atoms with Gasteiger partial charge >= 0.3 is 0 Å². The van der Waals surface area contributed by atoms with Gasteiger partial charge in [-0.3, -0.25) is 4.79 Å². The third kappa shape index (κ3) is 5.21. The van der Waals surface area contributed by atoms with Gasteiger partial charge in [0.25, 0.3) is 0 Å². The van der Waals surface area contributed by atoms with Gasteiger partial charge in [0.15, 0.2) is 0 Å². The molecule has 3 N–H and O–H groups in total. The Balaban J connectivity index is 2.59. The molecule has 0 spiro atoms. The molecule has 0 bridgehead atoms. The minimum atomic E-state index is -0.425. The Morgan fingerprint density at radius 3 is 2.35 bits per heavy atom. The fraction of sp³-hybridized carbons (Fsp3) is 0.562. The van der Waals surface area contributed by atoms with Gasteiger partial charge in [0.05, 0.1) is 18.2 Å². The highest BCUT2D eigenvalue weighted by atomic mass is 16.5. The van der Waals surface area contributed by atoms with E-state index in [0.29, 0.717) is 6.42 Å². The molecule has 112 valence electrons. The van der Waals surface area contributed by atoms with Crippen LogP contribution in [-0.4, -0.2) is 18.1 Å². The number of hydrogen-bond acceptors (Lipinski definition) is 3. The van der Waals surface area contributed by atoms with Crippen molar-refractivity contribution in [3.05, 3.63) is 29.8 Å². The van der Waals surface area contributed by atoms with E-state index in [4.69, 9.17) is 10.5 Å². The average Bonchev–Trinajstić information content (AvgIpc) is 2.39. The number of nitrogens with one attached hydrogen (secondary N) is 1. The van der Waals surface area contributed by atoms with E-state index in [0.717, 1.165) is 17.7 Å². The lowest BCUT2D eigenvalue weighted by Gasteiger charge is -2.18. The van der Waals surface area contributed by atoms with Crippen LogP contribution in [0.5, 0.6) is 5.75 Å². The molecule has 0 aliphatic rings. The maximum Gasteiger partial charge on any atom is 0.237 e. The molecular weight excluding hydrogens is 252 g/mol. The van der Waals surface area contributed by atoms with Gasteiger partial charge in [0.2, 0.25) is 5.91 Å². The van der Waals surface area contributed by atoms with Crippen LogP contribution in [0.2, 0.25) is 0 Å². The van der Waals surface area contributed by atoms with E-state index in [2.05, 4.69) is 5.32 Å². The van der Waals surface area contributed by atoms with Crippen LogP contribution in [-0.2, 0) is 4.79 Å². The summed E-state index contributed by atoms with van der Waals surface area (Å²) in [4.78, 5) is 11.9. The second-order valence-electron chi connectivity index (χ2n) is 5.36. The molecule has 0 aliphatic heterocycles. The monoisotopic (exact) mass is 278 g/mol. The Morgan fingerprint density at radius 2 is 1.85 bits per heavy atom. The van der Waals surface area contributed by atoms with E-state index in [1.54, 1.807) is 0 Å². The van der Waals surface area contributed by atoms with Crippen LogP contribution in [0.4, 0.5) is 0 Å². The summed E-state index contributed by atoms with van der Waals surface area (Å²) in [5, 5.41) is 2.94. The first-order chi connectivity index (χ1) is 9.43. The third-order valence-corrected chi connectivity index (χ3v) is 3.05.